The molecule has 0 heterocycles. The van der Waals surface area contributed by atoms with E-state index in [0.717, 1.165) is 6.07 Å². The minimum absolute atomic E-state index is 0.0695. The summed E-state index contributed by atoms with van der Waals surface area (Å²) in [6.07, 6.45) is -4.89. The molecular formula is C9H8F4OS. The van der Waals surface area contributed by atoms with Crippen molar-refractivity contribution in [1.82, 2.24) is 0 Å². The predicted octanol–water partition coefficient (Wildman–Crippen LogP) is 3.72. The molecule has 0 radical (unpaired) electrons. The first-order valence-electron chi connectivity index (χ1n) is 4.03. The molecule has 6 heteroatoms. The van der Waals surface area contributed by atoms with Gasteiger partial charge < -0.3 is 4.74 Å². The van der Waals surface area contributed by atoms with E-state index in [-0.39, 0.29) is 5.56 Å². The number of hydrogen-bond donors (Lipinski definition) is 1. The van der Waals surface area contributed by atoms with E-state index in [4.69, 9.17) is 0 Å². The normalized spacial score (nSPS) is 13.7. The molecule has 1 unspecified atom stereocenters. The van der Waals surface area contributed by atoms with Crippen LogP contribution in [0.3, 0.4) is 0 Å². The van der Waals surface area contributed by atoms with Crippen LogP contribution < -0.4 is 4.74 Å². The lowest BCUT2D eigenvalue weighted by atomic mass is 10.1. The lowest BCUT2D eigenvalue weighted by Crippen LogP contribution is -2.18. The summed E-state index contributed by atoms with van der Waals surface area (Å²) in [7, 11) is 0. The molecule has 1 aromatic rings. The van der Waals surface area contributed by atoms with Crippen molar-refractivity contribution in [2.24, 2.45) is 0 Å². The highest BCUT2D eigenvalue weighted by molar-refractivity contribution is 7.80. The SMILES string of the molecule is CC(S)c1cccc(OC(F)(F)F)c1F. The van der Waals surface area contributed by atoms with Crippen LogP contribution in [-0.4, -0.2) is 6.36 Å². The molecule has 1 nitrogen and oxygen atoms in total. The third kappa shape index (κ3) is 3.30. The molecule has 0 aromatic heterocycles. The maximum absolute atomic E-state index is 13.4. The second kappa shape index (κ2) is 4.30. The summed E-state index contributed by atoms with van der Waals surface area (Å²) in [4.78, 5) is 0. The number of alkyl halides is 3. The van der Waals surface area contributed by atoms with Gasteiger partial charge in [0.1, 0.15) is 0 Å². The Balaban J connectivity index is 3.05. The van der Waals surface area contributed by atoms with Crippen molar-refractivity contribution in [3.05, 3.63) is 29.6 Å². The van der Waals surface area contributed by atoms with Crippen LogP contribution in [0.5, 0.6) is 5.75 Å². The molecule has 15 heavy (non-hydrogen) atoms. The lowest BCUT2D eigenvalue weighted by molar-refractivity contribution is -0.275. The van der Waals surface area contributed by atoms with Crippen molar-refractivity contribution in [1.29, 1.82) is 0 Å². The van der Waals surface area contributed by atoms with Crippen molar-refractivity contribution in [3.8, 4) is 5.75 Å². The fraction of sp³-hybridized carbons (Fsp3) is 0.333. The molecule has 0 saturated heterocycles. The molecule has 1 atom stereocenters. The molecule has 1 aromatic carbocycles. The molecule has 0 aliphatic heterocycles. The topological polar surface area (TPSA) is 9.23 Å². The second-order valence-corrected chi connectivity index (χ2v) is 3.66. The quantitative estimate of drug-likeness (QED) is 0.612. The first-order valence-corrected chi connectivity index (χ1v) is 4.55. The second-order valence-electron chi connectivity index (χ2n) is 2.88. The predicted molar refractivity (Wildman–Crippen MR) is 50.5 cm³/mol. The van der Waals surface area contributed by atoms with Crippen LogP contribution >= 0.6 is 12.6 Å². The average Bonchev–Trinajstić information content (AvgIpc) is 2.05. The van der Waals surface area contributed by atoms with Gasteiger partial charge in [0.15, 0.2) is 11.6 Å². The van der Waals surface area contributed by atoms with E-state index in [9.17, 15) is 17.6 Å². The summed E-state index contributed by atoms with van der Waals surface area (Å²) >= 11 is 3.94. The molecule has 84 valence electrons. The van der Waals surface area contributed by atoms with Gasteiger partial charge in [0, 0.05) is 10.8 Å². The maximum Gasteiger partial charge on any atom is 0.573 e. The zero-order valence-electron chi connectivity index (χ0n) is 7.68. The van der Waals surface area contributed by atoms with E-state index in [1.165, 1.54) is 12.1 Å². The van der Waals surface area contributed by atoms with Crippen LogP contribution in [0.1, 0.15) is 17.7 Å². The Hall–Kier alpha value is -0.910. The van der Waals surface area contributed by atoms with E-state index < -0.39 is 23.2 Å². The number of ether oxygens (including phenoxy) is 1. The summed E-state index contributed by atoms with van der Waals surface area (Å²) in [6.45, 7) is 1.55. The van der Waals surface area contributed by atoms with E-state index in [1.807, 2.05) is 0 Å². The molecule has 0 aliphatic rings. The molecule has 0 bridgehead atoms. The van der Waals surface area contributed by atoms with Gasteiger partial charge in [-0.1, -0.05) is 12.1 Å². The standard InChI is InChI=1S/C9H8F4OS/c1-5(15)6-3-2-4-7(8(6)10)14-9(11,12)13/h2-5,15H,1H3. The first kappa shape index (κ1) is 12.2. The van der Waals surface area contributed by atoms with Gasteiger partial charge in [-0.25, -0.2) is 4.39 Å². The molecule has 0 aliphatic carbocycles. The van der Waals surface area contributed by atoms with Crippen LogP contribution in [0.4, 0.5) is 17.6 Å². The summed E-state index contributed by atoms with van der Waals surface area (Å²) in [5.41, 5.74) is 0.0695. The zero-order chi connectivity index (χ0) is 11.6. The molecular weight excluding hydrogens is 232 g/mol. The molecule has 0 spiro atoms. The van der Waals surface area contributed by atoms with E-state index in [1.54, 1.807) is 6.92 Å². The summed E-state index contributed by atoms with van der Waals surface area (Å²) in [5.74, 6) is -1.86. The first-order chi connectivity index (χ1) is 6.81. The van der Waals surface area contributed by atoms with Crippen molar-refractivity contribution >= 4 is 12.6 Å². The van der Waals surface area contributed by atoms with Crippen molar-refractivity contribution < 1.29 is 22.3 Å². The molecule has 0 N–H and O–H groups in total. The maximum atomic E-state index is 13.4. The fourth-order valence-electron chi connectivity index (χ4n) is 1.05. The van der Waals surface area contributed by atoms with Crippen LogP contribution in [0, 0.1) is 5.82 Å². The highest BCUT2D eigenvalue weighted by atomic mass is 32.1. The third-order valence-electron chi connectivity index (χ3n) is 1.67. The Morgan fingerprint density at radius 2 is 1.93 bits per heavy atom. The Bertz CT molecular complexity index is 348. The molecule has 0 saturated carbocycles. The van der Waals surface area contributed by atoms with Gasteiger partial charge in [-0.2, -0.15) is 12.6 Å². The van der Waals surface area contributed by atoms with Gasteiger partial charge in [-0.05, 0) is 13.0 Å². The molecule has 0 amide bonds. The Labute approximate surface area is 89.5 Å². The number of benzene rings is 1. The fourth-order valence-corrected chi connectivity index (χ4v) is 1.25. The van der Waals surface area contributed by atoms with Gasteiger partial charge >= 0.3 is 6.36 Å². The lowest BCUT2D eigenvalue weighted by Gasteiger charge is -2.12. The highest BCUT2D eigenvalue weighted by Gasteiger charge is 2.32. The highest BCUT2D eigenvalue weighted by Crippen LogP contribution is 2.31. The summed E-state index contributed by atoms with van der Waals surface area (Å²) in [6, 6.07) is 3.56. The zero-order valence-corrected chi connectivity index (χ0v) is 8.57. The van der Waals surface area contributed by atoms with E-state index >= 15 is 0 Å². The Kier molecular flexibility index (Phi) is 3.49. The Morgan fingerprint density at radius 1 is 1.33 bits per heavy atom. The third-order valence-corrected chi connectivity index (χ3v) is 1.95. The number of thiol groups is 1. The smallest absolute Gasteiger partial charge is 0.403 e. The molecule has 0 fully saturated rings. The van der Waals surface area contributed by atoms with Gasteiger partial charge in [0.25, 0.3) is 0 Å². The number of rotatable bonds is 2. The van der Waals surface area contributed by atoms with E-state index in [0.29, 0.717) is 0 Å². The number of halogens is 4. The molecule has 1 rings (SSSR count). The van der Waals surface area contributed by atoms with Crippen LogP contribution in [0.2, 0.25) is 0 Å². The van der Waals surface area contributed by atoms with Crippen LogP contribution in [-0.2, 0) is 0 Å². The van der Waals surface area contributed by atoms with Crippen molar-refractivity contribution in [2.75, 3.05) is 0 Å². The minimum atomic E-state index is -4.89. The van der Waals surface area contributed by atoms with Gasteiger partial charge in [-0.15, -0.1) is 13.2 Å². The Morgan fingerprint density at radius 3 is 2.40 bits per heavy atom. The average molecular weight is 240 g/mol. The van der Waals surface area contributed by atoms with Gasteiger partial charge in [0.05, 0.1) is 0 Å². The van der Waals surface area contributed by atoms with Crippen molar-refractivity contribution in [2.45, 2.75) is 18.5 Å². The minimum Gasteiger partial charge on any atom is -0.403 e. The number of hydrogen-bond acceptors (Lipinski definition) is 2. The van der Waals surface area contributed by atoms with Crippen molar-refractivity contribution in [3.63, 3.8) is 0 Å². The summed E-state index contributed by atoms with van der Waals surface area (Å²) < 4.78 is 52.4. The van der Waals surface area contributed by atoms with Gasteiger partial charge in [0.2, 0.25) is 0 Å². The largest absolute Gasteiger partial charge is 0.573 e. The van der Waals surface area contributed by atoms with Gasteiger partial charge in [-0.3, -0.25) is 0 Å². The van der Waals surface area contributed by atoms with E-state index in [2.05, 4.69) is 17.4 Å². The van der Waals surface area contributed by atoms with Crippen LogP contribution in [0.15, 0.2) is 18.2 Å². The monoisotopic (exact) mass is 240 g/mol. The summed E-state index contributed by atoms with van der Waals surface area (Å²) in [5, 5.41) is -0.498. The van der Waals surface area contributed by atoms with Crippen LogP contribution in [0.25, 0.3) is 0 Å².